The van der Waals surface area contributed by atoms with Gasteiger partial charge in [-0.2, -0.15) is 0 Å². The molecule has 0 aromatic heterocycles. The number of hydrogen-bond donors (Lipinski definition) is 2. The summed E-state index contributed by atoms with van der Waals surface area (Å²) in [4.78, 5) is 33.4. The van der Waals surface area contributed by atoms with Crippen molar-refractivity contribution in [3.05, 3.63) is 12.2 Å². The third-order valence-corrected chi connectivity index (χ3v) is 4.55. The summed E-state index contributed by atoms with van der Waals surface area (Å²) >= 11 is 0. The molecule has 0 aromatic carbocycles. The number of rotatable bonds is 18. The number of carbonyl (C=O) groups is 3. The number of carboxylic acid groups (broad SMARTS) is 1. The lowest BCUT2D eigenvalue weighted by molar-refractivity contribution is -0.162. The molecule has 162 valence electrons. The second-order valence-corrected chi connectivity index (χ2v) is 7.33. The molecule has 0 rings (SSSR count). The molecular weight excluding hydrogens is 358 g/mol. The number of esters is 2. The number of hydrogen-bond acceptors (Lipinski definition) is 5. The highest BCUT2D eigenvalue weighted by Crippen LogP contribution is 2.10. The number of nitrogens with two attached hydrogens (primary N) is 1. The lowest BCUT2D eigenvalue weighted by Crippen LogP contribution is -2.35. The first kappa shape index (κ1) is 26.3. The molecule has 0 aliphatic rings. The van der Waals surface area contributed by atoms with Crippen LogP contribution in [0.1, 0.15) is 103 Å². The maximum Gasteiger partial charge on any atom is 0.331 e. The van der Waals surface area contributed by atoms with E-state index < -0.39 is 30.4 Å². The van der Waals surface area contributed by atoms with Gasteiger partial charge in [-0.05, 0) is 32.1 Å². The Bertz CT molecular complexity index is 462. The largest absolute Gasteiger partial charge is 0.481 e. The molecule has 0 saturated carbocycles. The molecule has 1 atom stereocenters. The zero-order valence-corrected chi connectivity index (χ0v) is 17.5. The Hall–Kier alpha value is -1.69. The summed E-state index contributed by atoms with van der Waals surface area (Å²) in [6.07, 6.45) is 19.4. The van der Waals surface area contributed by atoms with Crippen molar-refractivity contribution in [2.75, 3.05) is 0 Å². The van der Waals surface area contributed by atoms with Crippen molar-refractivity contribution in [3.8, 4) is 0 Å². The van der Waals surface area contributed by atoms with Gasteiger partial charge >= 0.3 is 17.9 Å². The van der Waals surface area contributed by atoms with Crippen LogP contribution in [-0.4, -0.2) is 29.1 Å². The summed E-state index contributed by atoms with van der Waals surface area (Å²) in [5, 5.41) is 8.54. The molecule has 0 amide bonds. The fourth-order valence-corrected chi connectivity index (χ4v) is 2.85. The number of carbonyl (C=O) groups excluding carboxylic acids is 2. The summed E-state index contributed by atoms with van der Waals surface area (Å²) < 4.78 is 4.56. The second kappa shape index (κ2) is 18.7. The number of allylic oxidation sites excluding steroid dienone is 2. The van der Waals surface area contributed by atoms with Crippen molar-refractivity contribution >= 4 is 17.9 Å². The molecule has 28 heavy (non-hydrogen) atoms. The van der Waals surface area contributed by atoms with Crippen LogP contribution in [0.25, 0.3) is 0 Å². The van der Waals surface area contributed by atoms with Crippen LogP contribution in [0.4, 0.5) is 0 Å². The molecule has 0 spiro atoms. The third kappa shape index (κ3) is 17.7. The van der Waals surface area contributed by atoms with E-state index in [1.165, 1.54) is 44.9 Å². The molecule has 6 heteroatoms. The van der Waals surface area contributed by atoms with E-state index >= 15 is 0 Å². The first-order valence-corrected chi connectivity index (χ1v) is 10.8. The Morgan fingerprint density at radius 3 is 1.89 bits per heavy atom. The zero-order valence-electron chi connectivity index (χ0n) is 17.5. The molecule has 6 nitrogen and oxygen atoms in total. The maximum absolute atomic E-state index is 11.5. The summed E-state index contributed by atoms with van der Waals surface area (Å²) in [6.45, 7) is 2.24. The van der Waals surface area contributed by atoms with Crippen LogP contribution < -0.4 is 5.73 Å². The van der Waals surface area contributed by atoms with Crippen molar-refractivity contribution in [1.29, 1.82) is 0 Å². The maximum atomic E-state index is 11.5. The molecule has 0 bridgehead atoms. The van der Waals surface area contributed by atoms with Gasteiger partial charge < -0.3 is 15.6 Å². The van der Waals surface area contributed by atoms with E-state index in [4.69, 9.17) is 10.8 Å². The SMILES string of the molecule is CCCCCCCC/C=C\CCCCCCCC(=O)OC(=O)C(N)CC(=O)O. The fraction of sp³-hybridized carbons (Fsp3) is 0.773. The number of ether oxygens (including phenoxy) is 1. The van der Waals surface area contributed by atoms with E-state index in [1.807, 2.05) is 0 Å². The molecule has 0 fully saturated rings. The number of carboxylic acids is 1. The minimum atomic E-state index is -1.30. The number of unbranched alkanes of at least 4 members (excludes halogenated alkanes) is 11. The number of aliphatic carboxylic acids is 1. The molecule has 1 unspecified atom stereocenters. The van der Waals surface area contributed by atoms with Crippen LogP contribution in [0.15, 0.2) is 12.2 Å². The van der Waals surface area contributed by atoms with Crippen LogP contribution in [-0.2, 0) is 19.1 Å². The molecule has 0 aliphatic carbocycles. The Morgan fingerprint density at radius 2 is 1.36 bits per heavy atom. The average molecular weight is 398 g/mol. The predicted molar refractivity (Wildman–Crippen MR) is 111 cm³/mol. The Labute approximate surface area is 169 Å². The highest BCUT2D eigenvalue weighted by atomic mass is 16.6. The predicted octanol–water partition coefficient (Wildman–Crippen LogP) is 4.90. The van der Waals surface area contributed by atoms with Gasteiger partial charge in [-0.3, -0.25) is 9.59 Å². The van der Waals surface area contributed by atoms with Gasteiger partial charge in [0.2, 0.25) is 0 Å². The van der Waals surface area contributed by atoms with E-state index in [2.05, 4.69) is 23.8 Å². The normalized spacial score (nSPS) is 12.2. The quantitative estimate of drug-likeness (QED) is 0.147. The first-order valence-electron chi connectivity index (χ1n) is 10.8. The van der Waals surface area contributed by atoms with Crippen molar-refractivity contribution in [1.82, 2.24) is 0 Å². The Morgan fingerprint density at radius 1 is 0.857 bits per heavy atom. The van der Waals surface area contributed by atoms with Crippen molar-refractivity contribution < 1.29 is 24.2 Å². The van der Waals surface area contributed by atoms with Crippen LogP contribution in [0.2, 0.25) is 0 Å². The van der Waals surface area contributed by atoms with Gasteiger partial charge in [0.1, 0.15) is 6.04 Å². The van der Waals surface area contributed by atoms with Gasteiger partial charge in [0.25, 0.3) is 0 Å². The summed E-state index contributed by atoms with van der Waals surface area (Å²) in [6, 6.07) is -1.30. The van der Waals surface area contributed by atoms with Crippen LogP contribution in [0.3, 0.4) is 0 Å². The van der Waals surface area contributed by atoms with Gasteiger partial charge in [0, 0.05) is 6.42 Å². The second-order valence-electron chi connectivity index (χ2n) is 7.33. The van der Waals surface area contributed by atoms with Crippen molar-refractivity contribution in [2.45, 2.75) is 109 Å². The molecule has 0 saturated heterocycles. The van der Waals surface area contributed by atoms with E-state index in [1.54, 1.807) is 0 Å². The highest BCUT2D eigenvalue weighted by molar-refractivity contribution is 5.90. The lowest BCUT2D eigenvalue weighted by Gasteiger charge is -2.07. The third-order valence-electron chi connectivity index (χ3n) is 4.55. The van der Waals surface area contributed by atoms with Gasteiger partial charge in [0.05, 0.1) is 6.42 Å². The van der Waals surface area contributed by atoms with Gasteiger partial charge in [-0.1, -0.05) is 70.4 Å². The van der Waals surface area contributed by atoms with Crippen LogP contribution in [0.5, 0.6) is 0 Å². The van der Waals surface area contributed by atoms with Gasteiger partial charge in [0.15, 0.2) is 0 Å². The lowest BCUT2D eigenvalue weighted by atomic mass is 10.1. The van der Waals surface area contributed by atoms with Crippen LogP contribution in [0, 0.1) is 0 Å². The van der Waals surface area contributed by atoms with Gasteiger partial charge in [-0.15, -0.1) is 0 Å². The zero-order chi connectivity index (χ0) is 21.0. The topological polar surface area (TPSA) is 107 Å². The minimum absolute atomic E-state index is 0.156. The van der Waals surface area contributed by atoms with E-state index in [-0.39, 0.29) is 6.42 Å². The first-order chi connectivity index (χ1) is 13.5. The molecule has 0 radical (unpaired) electrons. The van der Waals surface area contributed by atoms with E-state index in [9.17, 15) is 14.4 Å². The van der Waals surface area contributed by atoms with Crippen molar-refractivity contribution in [2.24, 2.45) is 5.73 Å². The summed E-state index contributed by atoms with van der Waals surface area (Å²) in [7, 11) is 0. The molecule has 3 N–H and O–H groups in total. The minimum Gasteiger partial charge on any atom is -0.481 e. The van der Waals surface area contributed by atoms with Crippen molar-refractivity contribution in [3.63, 3.8) is 0 Å². The Balaban J connectivity index is 3.45. The van der Waals surface area contributed by atoms with Gasteiger partial charge in [-0.25, -0.2) is 4.79 Å². The summed E-state index contributed by atoms with van der Waals surface area (Å²) in [5.41, 5.74) is 5.34. The fourth-order valence-electron chi connectivity index (χ4n) is 2.85. The average Bonchev–Trinajstić information content (AvgIpc) is 2.64. The smallest absolute Gasteiger partial charge is 0.331 e. The molecule has 0 aromatic rings. The van der Waals surface area contributed by atoms with E-state index in [0.29, 0.717) is 6.42 Å². The van der Waals surface area contributed by atoms with E-state index in [0.717, 1.165) is 32.1 Å². The summed E-state index contributed by atoms with van der Waals surface area (Å²) in [5.74, 6) is -2.81. The standard InChI is InChI=1S/C22H39NO5/c1-2-3-4-5-6-7-8-9-10-11-12-13-14-15-16-17-21(26)28-22(27)19(23)18-20(24)25/h9-10,19H,2-8,11-18,23H2,1H3,(H,24,25)/b10-9-. The molecule has 0 heterocycles. The Kier molecular flexibility index (Phi) is 17.5. The molecule has 0 aliphatic heterocycles. The molecular formula is C22H39NO5. The van der Waals surface area contributed by atoms with Crippen LogP contribution >= 0.6 is 0 Å². The highest BCUT2D eigenvalue weighted by Gasteiger charge is 2.21. The monoisotopic (exact) mass is 397 g/mol.